The summed E-state index contributed by atoms with van der Waals surface area (Å²) in [6, 6.07) is 9.12. The summed E-state index contributed by atoms with van der Waals surface area (Å²) in [5.41, 5.74) is 7.85. The van der Waals surface area contributed by atoms with Crippen LogP contribution in [-0.4, -0.2) is 18.5 Å². The van der Waals surface area contributed by atoms with Gasteiger partial charge in [-0.2, -0.15) is 0 Å². The molecular weight excluding hydrogens is 259 g/mol. The zero-order valence-corrected chi connectivity index (χ0v) is 12.1. The molecule has 2 N–H and O–H groups in total. The van der Waals surface area contributed by atoms with Crippen molar-refractivity contribution in [3.63, 3.8) is 0 Å². The van der Waals surface area contributed by atoms with E-state index in [9.17, 15) is 4.39 Å². The Morgan fingerprint density at radius 3 is 2.63 bits per heavy atom. The third-order valence-corrected chi connectivity index (χ3v) is 4.46. The van der Waals surface area contributed by atoms with Crippen molar-refractivity contribution in [2.24, 2.45) is 5.73 Å². The molecule has 0 fully saturated rings. The summed E-state index contributed by atoms with van der Waals surface area (Å²) in [4.78, 5) is 3.37. The lowest BCUT2D eigenvalue weighted by atomic mass is 10.1. The van der Waals surface area contributed by atoms with Crippen LogP contribution in [0.2, 0.25) is 0 Å². The van der Waals surface area contributed by atoms with Crippen molar-refractivity contribution in [2.45, 2.75) is 19.5 Å². The lowest BCUT2D eigenvalue weighted by Crippen LogP contribution is -2.30. The molecule has 1 heterocycles. The van der Waals surface area contributed by atoms with Crippen LogP contribution < -0.4 is 5.73 Å². The highest BCUT2D eigenvalue weighted by atomic mass is 32.1. The van der Waals surface area contributed by atoms with E-state index < -0.39 is 0 Å². The maximum Gasteiger partial charge on any atom is 0.127 e. The highest BCUT2D eigenvalue weighted by Gasteiger charge is 2.19. The Morgan fingerprint density at radius 1 is 1.32 bits per heavy atom. The molecule has 0 spiro atoms. The van der Waals surface area contributed by atoms with E-state index in [2.05, 4.69) is 23.3 Å². The van der Waals surface area contributed by atoms with Crippen molar-refractivity contribution in [1.29, 1.82) is 0 Å². The summed E-state index contributed by atoms with van der Waals surface area (Å²) in [6.07, 6.45) is 0. The second-order valence-corrected chi connectivity index (χ2v) is 5.67. The Balaban J connectivity index is 2.16. The zero-order valence-electron chi connectivity index (χ0n) is 11.3. The molecule has 1 unspecified atom stereocenters. The highest BCUT2D eigenvalue weighted by Crippen LogP contribution is 2.28. The van der Waals surface area contributed by atoms with Gasteiger partial charge in [-0.3, -0.25) is 4.90 Å². The van der Waals surface area contributed by atoms with E-state index in [1.54, 1.807) is 17.4 Å². The summed E-state index contributed by atoms with van der Waals surface area (Å²) in [5, 5.41) is 2.07. The van der Waals surface area contributed by atoms with Crippen LogP contribution in [0.4, 0.5) is 4.39 Å². The number of likely N-dealkylation sites (N-methyl/N-ethyl adjacent to an activating group) is 1. The van der Waals surface area contributed by atoms with Crippen molar-refractivity contribution < 1.29 is 4.39 Å². The van der Waals surface area contributed by atoms with Gasteiger partial charge in [-0.05, 0) is 37.0 Å². The Morgan fingerprint density at radius 2 is 2.05 bits per heavy atom. The number of nitrogens with two attached hydrogens (primary N) is 1. The van der Waals surface area contributed by atoms with E-state index in [0.717, 1.165) is 0 Å². The molecule has 2 aromatic rings. The molecule has 2 nitrogen and oxygen atoms in total. The van der Waals surface area contributed by atoms with Crippen LogP contribution in [0.5, 0.6) is 0 Å². The van der Waals surface area contributed by atoms with Crippen molar-refractivity contribution >= 4 is 11.3 Å². The Labute approximate surface area is 117 Å². The molecule has 0 radical (unpaired) electrons. The number of hydrogen-bond acceptors (Lipinski definition) is 3. The maximum absolute atomic E-state index is 13.7. The van der Waals surface area contributed by atoms with E-state index in [1.807, 2.05) is 19.2 Å². The minimum absolute atomic E-state index is 0.139. The average molecular weight is 278 g/mol. The molecule has 2 rings (SSSR count). The topological polar surface area (TPSA) is 29.3 Å². The van der Waals surface area contributed by atoms with Gasteiger partial charge in [-0.25, -0.2) is 4.39 Å². The summed E-state index contributed by atoms with van der Waals surface area (Å²) in [5.74, 6) is -0.159. The monoisotopic (exact) mass is 278 g/mol. The van der Waals surface area contributed by atoms with E-state index in [-0.39, 0.29) is 11.9 Å². The fraction of sp³-hybridized carbons (Fsp3) is 0.333. The van der Waals surface area contributed by atoms with E-state index in [0.29, 0.717) is 18.7 Å². The lowest BCUT2D eigenvalue weighted by Gasteiger charge is -2.27. The number of benzene rings is 1. The highest BCUT2D eigenvalue weighted by molar-refractivity contribution is 7.10. The first-order chi connectivity index (χ1) is 9.13. The predicted octanol–water partition coefficient (Wildman–Crippen LogP) is 3.33. The lowest BCUT2D eigenvalue weighted by molar-refractivity contribution is 0.241. The number of aryl methyl sites for hydroxylation is 1. The van der Waals surface area contributed by atoms with Crippen molar-refractivity contribution in [3.05, 3.63) is 57.5 Å². The summed E-state index contributed by atoms with van der Waals surface area (Å²) >= 11 is 1.71. The minimum atomic E-state index is -0.159. The molecule has 1 aromatic heterocycles. The fourth-order valence-electron chi connectivity index (χ4n) is 2.22. The second kappa shape index (κ2) is 6.28. The molecule has 0 saturated carbocycles. The van der Waals surface area contributed by atoms with Gasteiger partial charge in [0, 0.05) is 23.5 Å². The molecule has 0 aliphatic carbocycles. The third kappa shape index (κ3) is 3.21. The Kier molecular flexibility index (Phi) is 4.69. The van der Waals surface area contributed by atoms with Gasteiger partial charge in [0.25, 0.3) is 0 Å². The molecule has 0 bridgehead atoms. The predicted molar refractivity (Wildman–Crippen MR) is 78.7 cm³/mol. The van der Waals surface area contributed by atoms with E-state index in [4.69, 9.17) is 5.73 Å². The molecule has 19 heavy (non-hydrogen) atoms. The van der Waals surface area contributed by atoms with Gasteiger partial charge < -0.3 is 5.73 Å². The maximum atomic E-state index is 13.7. The van der Waals surface area contributed by atoms with Gasteiger partial charge in [0.05, 0.1) is 6.04 Å². The van der Waals surface area contributed by atoms with Gasteiger partial charge in [0.15, 0.2) is 0 Å². The molecule has 1 atom stereocenters. The molecule has 0 aliphatic heterocycles. The van der Waals surface area contributed by atoms with Crippen LogP contribution >= 0.6 is 11.3 Å². The quantitative estimate of drug-likeness (QED) is 0.909. The van der Waals surface area contributed by atoms with Crippen LogP contribution in [-0.2, 0) is 6.54 Å². The van der Waals surface area contributed by atoms with Gasteiger partial charge in [-0.15, -0.1) is 11.3 Å². The smallest absolute Gasteiger partial charge is 0.127 e. The average Bonchev–Trinajstić information content (AvgIpc) is 2.80. The summed E-state index contributed by atoms with van der Waals surface area (Å²) in [6.45, 7) is 3.18. The SMILES string of the molecule is Cc1ccsc1C(CN)N(C)Cc1ccccc1F. The van der Waals surface area contributed by atoms with Crippen LogP contribution in [0, 0.1) is 12.7 Å². The van der Waals surface area contributed by atoms with Crippen molar-refractivity contribution in [2.75, 3.05) is 13.6 Å². The van der Waals surface area contributed by atoms with Crippen molar-refractivity contribution in [3.8, 4) is 0 Å². The first-order valence-corrected chi connectivity index (χ1v) is 7.19. The first kappa shape index (κ1) is 14.2. The van der Waals surface area contributed by atoms with Gasteiger partial charge >= 0.3 is 0 Å². The summed E-state index contributed by atoms with van der Waals surface area (Å²) in [7, 11) is 1.99. The molecule has 0 aliphatic rings. The fourth-order valence-corrected chi connectivity index (χ4v) is 3.32. The standard InChI is InChI=1S/C15H19FN2S/c1-11-7-8-19-15(11)14(9-17)18(2)10-12-5-3-4-6-13(12)16/h3-8,14H,9-10,17H2,1-2H3. The molecule has 102 valence electrons. The van der Waals surface area contributed by atoms with E-state index >= 15 is 0 Å². The first-order valence-electron chi connectivity index (χ1n) is 6.31. The van der Waals surface area contributed by atoms with Crippen molar-refractivity contribution in [1.82, 2.24) is 4.90 Å². The minimum Gasteiger partial charge on any atom is -0.329 e. The number of thiophene rings is 1. The Hall–Kier alpha value is -1.23. The van der Waals surface area contributed by atoms with Crippen LogP contribution in [0.1, 0.15) is 22.0 Å². The molecule has 0 amide bonds. The Bertz CT molecular complexity index is 538. The zero-order chi connectivity index (χ0) is 13.8. The van der Waals surface area contributed by atoms with Crippen LogP contribution in [0.25, 0.3) is 0 Å². The number of nitrogens with zero attached hydrogens (tertiary/aromatic N) is 1. The number of hydrogen-bond donors (Lipinski definition) is 1. The normalized spacial score (nSPS) is 12.9. The van der Waals surface area contributed by atoms with Gasteiger partial charge in [0.1, 0.15) is 5.82 Å². The molecular formula is C15H19FN2S. The number of halogens is 1. The third-order valence-electron chi connectivity index (χ3n) is 3.34. The second-order valence-electron chi connectivity index (χ2n) is 4.73. The molecule has 0 saturated heterocycles. The van der Waals surface area contributed by atoms with Crippen LogP contribution in [0.3, 0.4) is 0 Å². The molecule has 1 aromatic carbocycles. The largest absolute Gasteiger partial charge is 0.329 e. The number of rotatable bonds is 5. The van der Waals surface area contributed by atoms with Gasteiger partial charge in [-0.1, -0.05) is 18.2 Å². The van der Waals surface area contributed by atoms with E-state index in [1.165, 1.54) is 16.5 Å². The summed E-state index contributed by atoms with van der Waals surface area (Å²) < 4.78 is 13.7. The molecule has 4 heteroatoms. The van der Waals surface area contributed by atoms with Crippen LogP contribution in [0.15, 0.2) is 35.7 Å². The van der Waals surface area contributed by atoms with Gasteiger partial charge in [0.2, 0.25) is 0 Å².